The van der Waals surface area contributed by atoms with E-state index in [1.54, 1.807) is 23.0 Å². The maximum atomic E-state index is 11.2. The minimum atomic E-state index is -1.55. The van der Waals surface area contributed by atoms with Crippen molar-refractivity contribution in [3.63, 3.8) is 0 Å². The summed E-state index contributed by atoms with van der Waals surface area (Å²) in [5.74, 6) is 0. The first-order valence-corrected chi connectivity index (χ1v) is 11.2. The Morgan fingerprint density at radius 1 is 1.31 bits per heavy atom. The quantitative estimate of drug-likeness (QED) is 0.143. The average Bonchev–Trinajstić information content (AvgIpc) is 2.61. The number of H-pyrrole nitrogens is 1. The molecule has 2 N–H and O–H groups in total. The molecule has 0 amide bonds. The molecule has 0 aliphatic carbocycles. The lowest BCUT2D eigenvalue weighted by atomic mass is 10.3. The Bertz CT molecular complexity index is 713. The van der Waals surface area contributed by atoms with Crippen LogP contribution in [0, 0.1) is 11.3 Å². The van der Waals surface area contributed by atoms with E-state index in [1.165, 1.54) is 16.8 Å². The predicted octanol–water partition coefficient (Wildman–Crippen LogP) is 2.87. The second-order valence-corrected chi connectivity index (χ2v) is 8.21. The third-order valence-corrected chi connectivity index (χ3v) is 5.49. The van der Waals surface area contributed by atoms with E-state index in [0.717, 1.165) is 0 Å². The monoisotopic (exact) mass is 544 g/mol. The molecular formula is C17H30IN4O6P. The van der Waals surface area contributed by atoms with Gasteiger partial charge in [0.05, 0.1) is 25.2 Å². The lowest BCUT2D eigenvalue weighted by Crippen LogP contribution is -2.32. The summed E-state index contributed by atoms with van der Waals surface area (Å²) in [4.78, 5) is 38.7. The Morgan fingerprint density at radius 3 is 2.41 bits per heavy atom. The van der Waals surface area contributed by atoms with Gasteiger partial charge in [0.25, 0.3) is 14.1 Å². The van der Waals surface area contributed by atoms with Crippen LogP contribution < -0.4 is 11.2 Å². The van der Waals surface area contributed by atoms with Crippen molar-refractivity contribution in [3.05, 3.63) is 33.1 Å². The fraction of sp³-hybridized carbons (Fsp3) is 0.706. The first-order valence-electron chi connectivity index (χ1n) is 9.14. The predicted molar refractivity (Wildman–Crippen MR) is 119 cm³/mol. The molecule has 0 bridgehead atoms. The maximum Gasteiger partial charge on any atom is 0.328 e. The lowest BCUT2D eigenvalue weighted by molar-refractivity contribution is -0.205. The van der Waals surface area contributed by atoms with Gasteiger partial charge in [-0.25, -0.2) is 14.4 Å². The minimum absolute atomic E-state index is 0.110. The van der Waals surface area contributed by atoms with Crippen molar-refractivity contribution in [3.8, 4) is 6.07 Å². The zero-order valence-electron chi connectivity index (χ0n) is 17.4. The number of nitrogens with zero attached hydrogens (tertiary/aromatic N) is 3. The van der Waals surface area contributed by atoms with E-state index in [4.69, 9.17) is 14.7 Å². The summed E-state index contributed by atoms with van der Waals surface area (Å²) in [5, 5.41) is 8.32. The fourth-order valence-electron chi connectivity index (χ4n) is 2.28. The summed E-state index contributed by atoms with van der Waals surface area (Å²) in [7, 11) is -1.55. The molecule has 12 heteroatoms. The second-order valence-electron chi connectivity index (χ2n) is 6.62. The van der Waals surface area contributed by atoms with E-state index >= 15 is 0 Å². The van der Waals surface area contributed by atoms with E-state index in [1.807, 2.05) is 45.4 Å². The van der Waals surface area contributed by atoms with E-state index in [2.05, 4.69) is 8.20 Å². The number of aromatic nitrogens is 2. The Labute approximate surface area is 186 Å². The molecule has 0 aliphatic heterocycles. The largest absolute Gasteiger partial charge is 0.338 e. The van der Waals surface area contributed by atoms with Gasteiger partial charge < -0.3 is 14.0 Å². The highest BCUT2D eigenvalue weighted by atomic mass is 127. The van der Waals surface area contributed by atoms with Crippen LogP contribution in [-0.4, -0.2) is 43.9 Å². The van der Waals surface area contributed by atoms with Crippen LogP contribution in [0.15, 0.2) is 21.9 Å². The van der Waals surface area contributed by atoms with E-state index in [-0.39, 0.29) is 18.2 Å². The first kappa shape index (κ1) is 28.1. The van der Waals surface area contributed by atoms with Crippen molar-refractivity contribution in [1.29, 1.82) is 5.26 Å². The van der Waals surface area contributed by atoms with Crippen molar-refractivity contribution in [2.45, 2.75) is 72.2 Å². The van der Waals surface area contributed by atoms with Crippen molar-refractivity contribution < 1.29 is 17.5 Å². The van der Waals surface area contributed by atoms with E-state index in [9.17, 15) is 14.5 Å². The van der Waals surface area contributed by atoms with E-state index in [0.29, 0.717) is 26.0 Å². The highest BCUT2D eigenvalue weighted by Gasteiger charge is 2.23. The van der Waals surface area contributed by atoms with Crippen LogP contribution in [0.25, 0.3) is 0 Å². The first-order chi connectivity index (χ1) is 13.6. The SMILES string of the molecule is CC(C)N(C(C)C)P(O)OCCC#N.CC(CCn1ccc(=O)[nH]c1=O)OOI. The third kappa shape index (κ3) is 12.4. The fourth-order valence-corrected chi connectivity index (χ4v) is 3.81. The standard InChI is InChI=1S/C9H19N2O2P.C8H11IN2O4/c1-8(2)11(9(3)4)14(12)13-7-5-6-10;1-6(14-15-9)2-4-11-5-3-7(12)10-8(11)13/h8-9,12H,5,7H2,1-4H3;3,5-6H,2,4H2,1H3,(H,10,12,13). The van der Waals surface area contributed by atoms with Crippen molar-refractivity contribution in [2.75, 3.05) is 6.61 Å². The van der Waals surface area contributed by atoms with Crippen LogP contribution >= 0.6 is 31.5 Å². The van der Waals surface area contributed by atoms with Crippen LogP contribution in [0.5, 0.6) is 0 Å². The van der Waals surface area contributed by atoms with Gasteiger partial charge >= 0.3 is 5.69 Å². The molecule has 2 atom stereocenters. The van der Waals surface area contributed by atoms with Gasteiger partial charge in [-0.3, -0.25) is 9.78 Å². The topological polar surface area (TPSA) is 130 Å². The zero-order chi connectivity index (χ0) is 22.4. The summed E-state index contributed by atoms with van der Waals surface area (Å²) >= 11 is 1.63. The minimum Gasteiger partial charge on any atom is -0.338 e. The number of hydrogen-bond acceptors (Lipinski definition) is 8. The van der Waals surface area contributed by atoms with Gasteiger partial charge in [0.1, 0.15) is 0 Å². The van der Waals surface area contributed by atoms with Gasteiger partial charge in [-0.05, 0) is 41.0 Å². The molecule has 0 saturated carbocycles. The number of rotatable bonds is 11. The Hall–Kier alpha value is -0.870. The molecule has 0 saturated heterocycles. The number of nitrogens with one attached hydrogen (secondary N) is 1. The van der Waals surface area contributed by atoms with Gasteiger partial charge in [0.2, 0.25) is 0 Å². The molecule has 0 aliphatic rings. The van der Waals surface area contributed by atoms with Crippen LogP contribution in [-0.2, 0) is 19.2 Å². The average molecular weight is 544 g/mol. The molecule has 1 rings (SSSR count). The molecule has 0 spiro atoms. The molecule has 0 aromatic carbocycles. The van der Waals surface area contributed by atoms with Crippen molar-refractivity contribution >= 4 is 31.5 Å². The van der Waals surface area contributed by atoms with Crippen LogP contribution in [0.2, 0.25) is 0 Å². The molecule has 2 unspecified atom stereocenters. The number of aromatic amines is 1. The highest BCUT2D eigenvalue weighted by molar-refractivity contribution is 14.1. The molecule has 166 valence electrons. The van der Waals surface area contributed by atoms with Gasteiger partial charge in [-0.2, -0.15) is 8.48 Å². The molecule has 1 aromatic rings. The number of hydrogen-bond donors (Lipinski definition) is 2. The summed E-state index contributed by atoms with van der Waals surface area (Å²) in [5.41, 5.74) is -0.804. The van der Waals surface area contributed by atoms with Gasteiger partial charge in [-0.15, -0.1) is 0 Å². The Morgan fingerprint density at radius 2 is 1.93 bits per heavy atom. The lowest BCUT2D eigenvalue weighted by Gasteiger charge is -2.32. The van der Waals surface area contributed by atoms with Crippen LogP contribution in [0.4, 0.5) is 0 Å². The smallest absolute Gasteiger partial charge is 0.328 e. The number of aryl methyl sites for hydroxylation is 1. The summed E-state index contributed by atoms with van der Waals surface area (Å²) in [6.45, 7) is 10.7. The van der Waals surface area contributed by atoms with Gasteiger partial charge in [0.15, 0.2) is 23.0 Å². The van der Waals surface area contributed by atoms with Gasteiger partial charge in [0, 0.05) is 30.9 Å². The Balaban J connectivity index is 0.000000543. The van der Waals surface area contributed by atoms with Crippen molar-refractivity contribution in [2.24, 2.45) is 0 Å². The molecule has 0 radical (unpaired) electrons. The molecule has 10 nitrogen and oxygen atoms in total. The zero-order valence-corrected chi connectivity index (χ0v) is 20.4. The maximum absolute atomic E-state index is 11.2. The van der Waals surface area contributed by atoms with Gasteiger partial charge in [-0.1, -0.05) is 0 Å². The van der Waals surface area contributed by atoms with Crippen LogP contribution in [0.1, 0.15) is 47.5 Å². The number of nitriles is 1. The molecule has 1 heterocycles. The summed E-state index contributed by atoms with van der Waals surface area (Å²) in [6.07, 6.45) is 2.29. The van der Waals surface area contributed by atoms with Crippen molar-refractivity contribution in [1.82, 2.24) is 14.2 Å². The molecule has 0 fully saturated rings. The summed E-state index contributed by atoms with van der Waals surface area (Å²) < 4.78 is 13.0. The molecule has 1 aromatic heterocycles. The third-order valence-electron chi connectivity index (χ3n) is 3.55. The molecular weight excluding hydrogens is 514 g/mol. The normalized spacial score (nSPS) is 13.1. The highest BCUT2D eigenvalue weighted by Crippen LogP contribution is 2.40. The Kier molecular flexibility index (Phi) is 15.4. The molecule has 29 heavy (non-hydrogen) atoms. The second kappa shape index (κ2) is 15.9. The van der Waals surface area contributed by atoms with Crippen LogP contribution in [0.3, 0.4) is 0 Å². The summed E-state index contributed by atoms with van der Waals surface area (Å²) in [6, 6.07) is 3.77. The number of halogens is 1. The van der Waals surface area contributed by atoms with E-state index < -0.39 is 19.8 Å².